The average molecular weight is 332 g/mol. The minimum absolute atomic E-state index is 0.140. The first-order valence-corrected chi connectivity index (χ1v) is 6.78. The van der Waals surface area contributed by atoms with E-state index in [4.69, 9.17) is 23.2 Å². The molecule has 1 aromatic carbocycles. The molecule has 0 heterocycles. The van der Waals surface area contributed by atoms with Gasteiger partial charge in [-0.05, 0) is 18.2 Å². The molecular weight excluding hydrogens is 317 g/mol. The summed E-state index contributed by atoms with van der Waals surface area (Å²) >= 11 is 11.6. The summed E-state index contributed by atoms with van der Waals surface area (Å²) in [5.41, 5.74) is 0.483. The maximum Gasteiger partial charge on any atom is 0.243 e. The Labute approximate surface area is 132 Å². The molecule has 0 atom stereocenters. The van der Waals surface area contributed by atoms with Crippen molar-refractivity contribution in [2.24, 2.45) is 0 Å². The van der Waals surface area contributed by atoms with Crippen molar-refractivity contribution in [2.45, 2.75) is 6.92 Å². The Morgan fingerprint density at radius 1 is 1.19 bits per heavy atom. The number of anilines is 1. The highest BCUT2D eigenvalue weighted by Gasteiger charge is 2.13. The molecule has 0 aliphatic rings. The van der Waals surface area contributed by atoms with Crippen molar-refractivity contribution in [2.75, 3.05) is 25.5 Å². The van der Waals surface area contributed by atoms with Crippen LogP contribution in [0.2, 0.25) is 10.0 Å². The molecule has 0 unspecified atom stereocenters. The Bertz CT molecular complexity index is 564. The van der Waals surface area contributed by atoms with Gasteiger partial charge in [0.25, 0.3) is 0 Å². The lowest BCUT2D eigenvalue weighted by atomic mass is 10.3. The van der Waals surface area contributed by atoms with E-state index in [1.54, 1.807) is 12.1 Å². The zero-order valence-corrected chi connectivity index (χ0v) is 13.1. The largest absolute Gasteiger partial charge is 0.347 e. The second kappa shape index (κ2) is 7.85. The molecule has 6 nitrogen and oxygen atoms in total. The van der Waals surface area contributed by atoms with Gasteiger partial charge in [0.05, 0.1) is 23.1 Å². The van der Waals surface area contributed by atoms with Crippen molar-refractivity contribution in [1.82, 2.24) is 10.2 Å². The van der Waals surface area contributed by atoms with Crippen molar-refractivity contribution < 1.29 is 14.4 Å². The minimum Gasteiger partial charge on any atom is -0.347 e. The molecule has 114 valence electrons. The Balaban J connectivity index is 2.50. The van der Waals surface area contributed by atoms with Gasteiger partial charge in [0.15, 0.2) is 0 Å². The number of halogens is 2. The zero-order chi connectivity index (χ0) is 16.0. The number of hydrogen-bond donors (Lipinski definition) is 2. The third-order valence-corrected chi connectivity index (χ3v) is 3.24. The molecule has 1 rings (SSSR count). The summed E-state index contributed by atoms with van der Waals surface area (Å²) in [6.45, 7) is 1.02. The van der Waals surface area contributed by atoms with E-state index in [0.29, 0.717) is 15.7 Å². The highest BCUT2D eigenvalue weighted by molar-refractivity contribution is 6.42. The number of carbonyl (C=O) groups is 3. The molecule has 0 aliphatic carbocycles. The summed E-state index contributed by atoms with van der Waals surface area (Å²) in [6, 6.07) is 4.68. The second-order valence-electron chi connectivity index (χ2n) is 4.34. The molecule has 0 saturated heterocycles. The molecule has 21 heavy (non-hydrogen) atoms. The van der Waals surface area contributed by atoms with E-state index in [1.165, 1.54) is 24.9 Å². The van der Waals surface area contributed by atoms with Crippen LogP contribution in [0.4, 0.5) is 5.69 Å². The summed E-state index contributed by atoms with van der Waals surface area (Å²) in [7, 11) is 1.47. The van der Waals surface area contributed by atoms with Crippen LogP contribution in [0.25, 0.3) is 0 Å². The third-order valence-electron chi connectivity index (χ3n) is 2.50. The fraction of sp³-hybridized carbons (Fsp3) is 0.308. The fourth-order valence-electron chi connectivity index (χ4n) is 1.41. The fourth-order valence-corrected chi connectivity index (χ4v) is 1.71. The van der Waals surface area contributed by atoms with E-state index >= 15 is 0 Å². The van der Waals surface area contributed by atoms with Gasteiger partial charge in [-0.15, -0.1) is 0 Å². The van der Waals surface area contributed by atoms with E-state index in [2.05, 4.69) is 10.6 Å². The summed E-state index contributed by atoms with van der Waals surface area (Å²) in [6.07, 6.45) is 0. The molecular formula is C13H15Cl2N3O3. The van der Waals surface area contributed by atoms with Gasteiger partial charge in [0.1, 0.15) is 0 Å². The monoisotopic (exact) mass is 331 g/mol. The smallest absolute Gasteiger partial charge is 0.243 e. The first kappa shape index (κ1) is 17.3. The van der Waals surface area contributed by atoms with Gasteiger partial charge >= 0.3 is 0 Å². The topological polar surface area (TPSA) is 78.5 Å². The predicted octanol–water partition coefficient (Wildman–Crippen LogP) is 1.53. The van der Waals surface area contributed by atoms with Crippen molar-refractivity contribution >= 4 is 46.6 Å². The molecule has 0 bridgehead atoms. The number of amides is 3. The molecule has 3 amide bonds. The Morgan fingerprint density at radius 3 is 2.43 bits per heavy atom. The van der Waals surface area contributed by atoms with Crippen LogP contribution in [0.5, 0.6) is 0 Å². The molecule has 0 radical (unpaired) electrons. The summed E-state index contributed by atoms with van der Waals surface area (Å²) in [5.74, 6) is -1.06. The molecule has 2 N–H and O–H groups in total. The number of carbonyl (C=O) groups excluding carboxylic acids is 3. The second-order valence-corrected chi connectivity index (χ2v) is 5.15. The van der Waals surface area contributed by atoms with Gasteiger partial charge in [0, 0.05) is 19.7 Å². The maximum atomic E-state index is 11.8. The molecule has 0 aromatic heterocycles. The van der Waals surface area contributed by atoms with Crippen LogP contribution >= 0.6 is 23.2 Å². The van der Waals surface area contributed by atoms with Gasteiger partial charge in [0.2, 0.25) is 17.7 Å². The van der Waals surface area contributed by atoms with Crippen molar-refractivity contribution in [3.63, 3.8) is 0 Å². The van der Waals surface area contributed by atoms with Crippen LogP contribution in [-0.4, -0.2) is 42.8 Å². The number of rotatable bonds is 5. The number of benzene rings is 1. The first-order chi connectivity index (χ1) is 9.79. The van der Waals surface area contributed by atoms with Crippen molar-refractivity contribution in [1.29, 1.82) is 0 Å². The number of nitrogens with zero attached hydrogens (tertiary/aromatic N) is 1. The van der Waals surface area contributed by atoms with Crippen LogP contribution in [0.15, 0.2) is 18.2 Å². The molecule has 1 aromatic rings. The van der Waals surface area contributed by atoms with E-state index in [0.717, 1.165) is 0 Å². The van der Waals surface area contributed by atoms with Gasteiger partial charge in [-0.25, -0.2) is 0 Å². The Hall–Kier alpha value is -1.79. The Kier molecular flexibility index (Phi) is 6.45. The van der Waals surface area contributed by atoms with Crippen LogP contribution in [0.3, 0.4) is 0 Å². The first-order valence-electron chi connectivity index (χ1n) is 6.03. The van der Waals surface area contributed by atoms with Crippen molar-refractivity contribution in [3.8, 4) is 0 Å². The molecule has 0 fully saturated rings. The van der Waals surface area contributed by atoms with Crippen LogP contribution < -0.4 is 10.6 Å². The van der Waals surface area contributed by atoms with Crippen LogP contribution in [-0.2, 0) is 14.4 Å². The molecule has 0 aliphatic heterocycles. The van der Waals surface area contributed by atoms with E-state index < -0.39 is 0 Å². The van der Waals surface area contributed by atoms with E-state index in [-0.39, 0.29) is 30.8 Å². The van der Waals surface area contributed by atoms with Gasteiger partial charge < -0.3 is 15.5 Å². The van der Waals surface area contributed by atoms with Gasteiger partial charge in [-0.2, -0.15) is 0 Å². The molecule has 0 spiro atoms. The summed E-state index contributed by atoms with van der Waals surface area (Å²) in [4.78, 5) is 35.3. The minimum atomic E-state index is -0.382. The van der Waals surface area contributed by atoms with Crippen molar-refractivity contribution in [3.05, 3.63) is 28.2 Å². The lowest BCUT2D eigenvalue weighted by molar-refractivity contribution is -0.133. The number of likely N-dealkylation sites (N-methyl/N-ethyl adjacent to an activating group) is 1. The van der Waals surface area contributed by atoms with E-state index in [9.17, 15) is 14.4 Å². The maximum absolute atomic E-state index is 11.8. The quantitative estimate of drug-likeness (QED) is 0.858. The Morgan fingerprint density at radius 2 is 1.86 bits per heavy atom. The normalized spacial score (nSPS) is 9.90. The third kappa shape index (κ3) is 6.01. The van der Waals surface area contributed by atoms with Crippen LogP contribution in [0.1, 0.15) is 6.92 Å². The number of hydrogen-bond acceptors (Lipinski definition) is 3. The molecule has 8 heteroatoms. The SMILES string of the molecule is CC(=O)NCC(=O)N(C)CC(=O)Nc1ccc(Cl)c(Cl)c1. The van der Waals surface area contributed by atoms with E-state index in [1.807, 2.05) is 0 Å². The lowest BCUT2D eigenvalue weighted by Gasteiger charge is -2.17. The summed E-state index contributed by atoms with van der Waals surface area (Å²) < 4.78 is 0. The highest BCUT2D eigenvalue weighted by atomic mass is 35.5. The zero-order valence-electron chi connectivity index (χ0n) is 11.6. The highest BCUT2D eigenvalue weighted by Crippen LogP contribution is 2.24. The van der Waals surface area contributed by atoms with Gasteiger partial charge in [-0.1, -0.05) is 23.2 Å². The standard InChI is InChI=1S/C13H15Cl2N3O3/c1-8(19)16-6-13(21)18(2)7-12(20)17-9-3-4-10(14)11(15)5-9/h3-5H,6-7H2,1-2H3,(H,16,19)(H,17,20). The average Bonchev–Trinajstić information content (AvgIpc) is 2.40. The summed E-state index contributed by atoms with van der Waals surface area (Å²) in [5, 5.41) is 5.68. The van der Waals surface area contributed by atoms with Crippen LogP contribution in [0, 0.1) is 0 Å². The van der Waals surface area contributed by atoms with Gasteiger partial charge in [-0.3, -0.25) is 14.4 Å². The number of nitrogens with one attached hydrogen (secondary N) is 2. The molecule has 0 saturated carbocycles. The predicted molar refractivity (Wildman–Crippen MR) is 81.4 cm³/mol. The lowest BCUT2D eigenvalue weighted by Crippen LogP contribution is -2.41.